The van der Waals surface area contributed by atoms with Crippen LogP contribution in [0.4, 0.5) is 0 Å². The van der Waals surface area contributed by atoms with Crippen molar-refractivity contribution in [1.29, 1.82) is 0 Å². The van der Waals surface area contributed by atoms with Crippen LogP contribution in [0.5, 0.6) is 0 Å². The van der Waals surface area contributed by atoms with E-state index in [0.717, 1.165) is 12.8 Å². The maximum Gasteiger partial charge on any atom is 0.223 e. The molecule has 0 aliphatic carbocycles. The van der Waals surface area contributed by atoms with Crippen molar-refractivity contribution in [1.82, 2.24) is 4.90 Å². The Balaban J connectivity index is 2.70. The highest BCUT2D eigenvalue weighted by Gasteiger charge is 2.34. The lowest BCUT2D eigenvalue weighted by molar-refractivity contribution is -0.131. The van der Waals surface area contributed by atoms with Gasteiger partial charge < -0.3 is 4.90 Å². The van der Waals surface area contributed by atoms with Crippen LogP contribution in [0.25, 0.3) is 0 Å². The Morgan fingerprint density at radius 3 is 2.25 bits per heavy atom. The fourth-order valence-electron chi connectivity index (χ4n) is 2.05. The van der Waals surface area contributed by atoms with E-state index in [4.69, 9.17) is 0 Å². The van der Waals surface area contributed by atoms with Gasteiger partial charge in [-0.25, -0.2) is 0 Å². The molecule has 0 saturated carbocycles. The lowest BCUT2D eigenvalue weighted by Crippen LogP contribution is -2.41. The molecule has 0 aromatic heterocycles. The van der Waals surface area contributed by atoms with Gasteiger partial charge in [-0.15, -0.1) is 0 Å². The summed E-state index contributed by atoms with van der Waals surface area (Å²) in [4.78, 5) is 13.5. The van der Waals surface area contributed by atoms with E-state index in [0.29, 0.717) is 23.9 Å². The molecule has 1 aliphatic heterocycles. The van der Waals surface area contributed by atoms with Crippen molar-refractivity contribution in [3.05, 3.63) is 0 Å². The van der Waals surface area contributed by atoms with E-state index in [1.54, 1.807) is 0 Å². The number of hydrogen-bond donors (Lipinski definition) is 0. The summed E-state index contributed by atoms with van der Waals surface area (Å²) < 4.78 is 0. The molecule has 0 radical (unpaired) electrons. The van der Waals surface area contributed by atoms with Crippen LogP contribution in [0.1, 0.15) is 40.5 Å². The van der Waals surface area contributed by atoms with E-state index in [9.17, 15) is 4.79 Å². The zero-order valence-corrected chi connectivity index (χ0v) is 8.50. The molecule has 0 N–H and O–H groups in total. The van der Waals surface area contributed by atoms with Crippen LogP contribution in [-0.2, 0) is 4.79 Å². The quantitative estimate of drug-likeness (QED) is 0.619. The summed E-state index contributed by atoms with van der Waals surface area (Å²) in [6.45, 7) is 8.58. The van der Waals surface area contributed by atoms with E-state index in [2.05, 4.69) is 27.7 Å². The second kappa shape index (κ2) is 3.46. The molecule has 1 aliphatic rings. The van der Waals surface area contributed by atoms with Gasteiger partial charge >= 0.3 is 0 Å². The van der Waals surface area contributed by atoms with Crippen LogP contribution < -0.4 is 0 Å². The first-order chi connectivity index (χ1) is 5.54. The maximum absolute atomic E-state index is 11.5. The van der Waals surface area contributed by atoms with E-state index in [1.165, 1.54) is 0 Å². The van der Waals surface area contributed by atoms with Crippen molar-refractivity contribution in [2.24, 2.45) is 5.92 Å². The highest BCUT2D eigenvalue weighted by atomic mass is 16.2. The Morgan fingerprint density at radius 1 is 1.33 bits per heavy atom. The molecule has 0 aromatic carbocycles. The van der Waals surface area contributed by atoms with Crippen LogP contribution in [0, 0.1) is 5.92 Å². The third-order valence-corrected chi connectivity index (χ3v) is 2.63. The average molecular weight is 169 g/mol. The van der Waals surface area contributed by atoms with Crippen molar-refractivity contribution in [3.8, 4) is 0 Å². The van der Waals surface area contributed by atoms with Gasteiger partial charge in [-0.2, -0.15) is 0 Å². The Labute approximate surface area is 74.9 Å². The second-order valence-corrected chi connectivity index (χ2v) is 4.24. The van der Waals surface area contributed by atoms with E-state index in [-0.39, 0.29) is 0 Å². The Hall–Kier alpha value is -0.530. The van der Waals surface area contributed by atoms with Gasteiger partial charge in [-0.3, -0.25) is 4.79 Å². The zero-order valence-electron chi connectivity index (χ0n) is 8.50. The minimum atomic E-state index is 0.337. The number of likely N-dealkylation sites (tertiary alicyclic amines) is 1. The molecule has 0 bridgehead atoms. The number of amides is 1. The number of hydrogen-bond acceptors (Lipinski definition) is 1. The predicted octanol–water partition coefficient (Wildman–Crippen LogP) is 2.04. The molecule has 1 fully saturated rings. The molecule has 1 heterocycles. The number of nitrogens with zero attached hydrogens (tertiary/aromatic N) is 1. The second-order valence-electron chi connectivity index (χ2n) is 4.24. The highest BCUT2D eigenvalue weighted by Crippen LogP contribution is 2.26. The molecule has 0 aromatic rings. The van der Waals surface area contributed by atoms with E-state index >= 15 is 0 Å². The van der Waals surface area contributed by atoms with Gasteiger partial charge in [0.2, 0.25) is 5.91 Å². The van der Waals surface area contributed by atoms with Crippen LogP contribution in [0.15, 0.2) is 0 Å². The Kier molecular flexibility index (Phi) is 2.76. The standard InChI is InChI=1S/C10H19NO/c1-7(2)9-5-6-10(12)11(9)8(3)4/h7-9H,5-6H2,1-4H3. The molecule has 12 heavy (non-hydrogen) atoms. The van der Waals surface area contributed by atoms with Crippen LogP contribution in [-0.4, -0.2) is 22.9 Å². The predicted molar refractivity (Wildman–Crippen MR) is 49.8 cm³/mol. The Morgan fingerprint density at radius 2 is 1.92 bits per heavy atom. The minimum Gasteiger partial charge on any atom is -0.337 e. The van der Waals surface area contributed by atoms with Gasteiger partial charge in [0.15, 0.2) is 0 Å². The van der Waals surface area contributed by atoms with Crippen molar-refractivity contribution < 1.29 is 4.79 Å². The monoisotopic (exact) mass is 169 g/mol. The summed E-state index contributed by atoms with van der Waals surface area (Å²) in [5.41, 5.74) is 0. The molecular formula is C10H19NO. The molecular weight excluding hydrogens is 150 g/mol. The highest BCUT2D eigenvalue weighted by molar-refractivity contribution is 5.79. The number of rotatable bonds is 2. The normalized spacial score (nSPS) is 24.7. The third-order valence-electron chi connectivity index (χ3n) is 2.63. The summed E-state index contributed by atoms with van der Waals surface area (Å²) in [5.74, 6) is 0.933. The summed E-state index contributed by atoms with van der Waals surface area (Å²) in [6.07, 6.45) is 1.80. The van der Waals surface area contributed by atoms with E-state index < -0.39 is 0 Å². The maximum atomic E-state index is 11.5. The fourth-order valence-corrected chi connectivity index (χ4v) is 2.05. The third kappa shape index (κ3) is 1.62. The van der Waals surface area contributed by atoms with Crippen molar-refractivity contribution in [2.45, 2.75) is 52.6 Å². The van der Waals surface area contributed by atoms with Crippen LogP contribution in [0.3, 0.4) is 0 Å². The molecule has 2 nitrogen and oxygen atoms in total. The lowest BCUT2D eigenvalue weighted by atomic mass is 10.0. The van der Waals surface area contributed by atoms with Gasteiger partial charge in [0.1, 0.15) is 0 Å². The first kappa shape index (κ1) is 9.56. The summed E-state index contributed by atoms with van der Waals surface area (Å²) >= 11 is 0. The fraction of sp³-hybridized carbons (Fsp3) is 0.900. The van der Waals surface area contributed by atoms with Crippen molar-refractivity contribution in [3.63, 3.8) is 0 Å². The van der Waals surface area contributed by atoms with Crippen LogP contribution >= 0.6 is 0 Å². The summed E-state index contributed by atoms with van der Waals surface area (Å²) in [7, 11) is 0. The molecule has 1 atom stereocenters. The minimum absolute atomic E-state index is 0.337. The number of carbonyl (C=O) groups is 1. The smallest absolute Gasteiger partial charge is 0.223 e. The number of carbonyl (C=O) groups excluding carboxylic acids is 1. The van der Waals surface area contributed by atoms with Crippen LogP contribution in [0.2, 0.25) is 0 Å². The molecule has 1 rings (SSSR count). The topological polar surface area (TPSA) is 20.3 Å². The first-order valence-corrected chi connectivity index (χ1v) is 4.85. The van der Waals surface area contributed by atoms with Crippen molar-refractivity contribution in [2.75, 3.05) is 0 Å². The molecule has 1 amide bonds. The molecule has 1 saturated heterocycles. The van der Waals surface area contributed by atoms with Gasteiger partial charge in [0.05, 0.1) is 0 Å². The van der Waals surface area contributed by atoms with E-state index in [1.807, 2.05) is 4.90 Å². The van der Waals surface area contributed by atoms with Gasteiger partial charge in [-0.1, -0.05) is 13.8 Å². The largest absolute Gasteiger partial charge is 0.337 e. The Bertz CT molecular complexity index is 175. The summed E-state index contributed by atoms with van der Waals surface area (Å²) in [6, 6.07) is 0.852. The van der Waals surface area contributed by atoms with Crippen molar-refractivity contribution >= 4 is 5.91 Å². The molecule has 0 spiro atoms. The lowest BCUT2D eigenvalue weighted by Gasteiger charge is -2.31. The molecule has 1 unspecified atom stereocenters. The average Bonchev–Trinajstić information content (AvgIpc) is 2.30. The van der Waals surface area contributed by atoms with Gasteiger partial charge in [-0.05, 0) is 26.2 Å². The molecule has 70 valence electrons. The summed E-state index contributed by atoms with van der Waals surface area (Å²) in [5, 5.41) is 0. The zero-order chi connectivity index (χ0) is 9.30. The molecule has 2 heteroatoms. The van der Waals surface area contributed by atoms with Gasteiger partial charge in [0.25, 0.3) is 0 Å². The first-order valence-electron chi connectivity index (χ1n) is 4.85. The SMILES string of the molecule is CC(C)C1CCC(=O)N1C(C)C. The van der Waals surface area contributed by atoms with Gasteiger partial charge in [0, 0.05) is 18.5 Å².